The molecular formula is C25H27O2. The van der Waals surface area contributed by atoms with Crippen LogP contribution in [0.3, 0.4) is 0 Å². The van der Waals surface area contributed by atoms with Gasteiger partial charge in [-0.2, -0.15) is 0 Å². The Hall–Kier alpha value is -2.35. The number of carbonyl (C=O) groups is 1. The van der Waals surface area contributed by atoms with Gasteiger partial charge in [0.25, 0.3) is 0 Å². The summed E-state index contributed by atoms with van der Waals surface area (Å²) in [5.41, 5.74) is 7.46. The molecule has 2 aliphatic rings. The Kier molecular flexibility index (Phi) is 5.72. The second-order valence-corrected chi connectivity index (χ2v) is 7.65. The fraction of sp³-hybridized carbons (Fsp3) is 0.400. The van der Waals surface area contributed by atoms with Crippen LogP contribution >= 0.6 is 0 Å². The van der Waals surface area contributed by atoms with Crippen LogP contribution in [0.2, 0.25) is 0 Å². The predicted octanol–water partition coefficient (Wildman–Crippen LogP) is 5.97. The predicted molar refractivity (Wildman–Crippen MR) is 109 cm³/mol. The zero-order valence-electron chi connectivity index (χ0n) is 15.9. The summed E-state index contributed by atoms with van der Waals surface area (Å²) in [7, 11) is 0. The van der Waals surface area contributed by atoms with E-state index < -0.39 is 0 Å². The Balaban J connectivity index is 1.71. The highest BCUT2D eigenvalue weighted by atomic mass is 16.5. The highest BCUT2D eigenvalue weighted by molar-refractivity contribution is 5.89. The Bertz CT molecular complexity index is 833. The van der Waals surface area contributed by atoms with Crippen molar-refractivity contribution in [3.05, 3.63) is 70.3 Å². The van der Waals surface area contributed by atoms with Gasteiger partial charge in [-0.05, 0) is 85.3 Å². The number of carbonyl (C=O) groups excluding carboxylic acids is 1. The Morgan fingerprint density at radius 3 is 2.63 bits per heavy atom. The van der Waals surface area contributed by atoms with Gasteiger partial charge in [-0.3, -0.25) is 4.79 Å². The normalized spacial score (nSPS) is 17.2. The Morgan fingerprint density at radius 1 is 0.926 bits per heavy atom. The molecule has 27 heavy (non-hydrogen) atoms. The summed E-state index contributed by atoms with van der Waals surface area (Å²) in [5, 5.41) is 0. The summed E-state index contributed by atoms with van der Waals surface area (Å²) in [6.45, 7) is 0.589. The third kappa shape index (κ3) is 4.00. The maximum absolute atomic E-state index is 12.1. The molecule has 0 heterocycles. The SMILES string of the molecule is O=Cc1c(C2=C(COc3[c]cccc3)CCCCC2)ccc2c1CCCC2. The van der Waals surface area contributed by atoms with E-state index in [1.54, 1.807) is 0 Å². The number of rotatable bonds is 5. The van der Waals surface area contributed by atoms with Crippen molar-refractivity contribution in [2.24, 2.45) is 0 Å². The van der Waals surface area contributed by atoms with Crippen LogP contribution in [0, 0.1) is 6.07 Å². The van der Waals surface area contributed by atoms with E-state index in [1.807, 2.05) is 24.3 Å². The minimum absolute atomic E-state index is 0.589. The number of fused-ring (bicyclic) bond motifs is 1. The van der Waals surface area contributed by atoms with Gasteiger partial charge in [0, 0.05) is 11.6 Å². The first-order valence-corrected chi connectivity index (χ1v) is 10.3. The van der Waals surface area contributed by atoms with E-state index in [4.69, 9.17) is 4.74 Å². The number of allylic oxidation sites excluding steroid dienone is 1. The lowest BCUT2D eigenvalue weighted by atomic mass is 9.83. The molecule has 2 nitrogen and oxygen atoms in total. The third-order valence-corrected chi connectivity index (χ3v) is 5.93. The lowest BCUT2D eigenvalue weighted by Crippen LogP contribution is -2.10. The van der Waals surface area contributed by atoms with Gasteiger partial charge >= 0.3 is 0 Å². The van der Waals surface area contributed by atoms with E-state index in [-0.39, 0.29) is 0 Å². The van der Waals surface area contributed by atoms with Crippen LogP contribution in [0.1, 0.15) is 72.0 Å². The summed E-state index contributed by atoms with van der Waals surface area (Å²) < 4.78 is 6.04. The van der Waals surface area contributed by atoms with Gasteiger partial charge < -0.3 is 4.74 Å². The van der Waals surface area contributed by atoms with Gasteiger partial charge in [0.2, 0.25) is 0 Å². The molecule has 1 radical (unpaired) electrons. The Morgan fingerprint density at radius 2 is 1.78 bits per heavy atom. The first kappa shape index (κ1) is 18.0. The molecule has 0 atom stereocenters. The third-order valence-electron chi connectivity index (χ3n) is 5.93. The van der Waals surface area contributed by atoms with Crippen molar-refractivity contribution in [3.8, 4) is 5.75 Å². The number of hydrogen-bond donors (Lipinski definition) is 0. The fourth-order valence-corrected chi connectivity index (χ4v) is 4.51. The van der Waals surface area contributed by atoms with Gasteiger partial charge in [-0.1, -0.05) is 36.8 Å². The largest absolute Gasteiger partial charge is 0.489 e. The van der Waals surface area contributed by atoms with Gasteiger partial charge in [0.1, 0.15) is 12.4 Å². The topological polar surface area (TPSA) is 26.3 Å². The standard InChI is InChI=1S/C25H27O2/c26-17-25-22-14-8-7-9-19(22)15-16-24(25)23-13-6-1-3-10-20(23)18-27-21-11-4-2-5-12-21/h2,4-5,11,15-17H,1,3,6-10,13-14,18H2. The number of aryl methyl sites for hydroxylation is 1. The van der Waals surface area contributed by atoms with Crippen molar-refractivity contribution in [1.82, 2.24) is 0 Å². The Labute approximate surface area is 162 Å². The van der Waals surface area contributed by atoms with Gasteiger partial charge in [0.15, 0.2) is 6.29 Å². The van der Waals surface area contributed by atoms with Crippen molar-refractivity contribution in [2.75, 3.05) is 6.61 Å². The second kappa shape index (κ2) is 8.56. The molecular weight excluding hydrogens is 332 g/mol. The number of para-hydroxylation sites is 1. The molecule has 0 aromatic heterocycles. The van der Waals surface area contributed by atoms with Crippen LogP contribution in [0.25, 0.3) is 5.57 Å². The van der Waals surface area contributed by atoms with E-state index in [1.165, 1.54) is 54.4 Å². The van der Waals surface area contributed by atoms with Gasteiger partial charge in [-0.15, -0.1) is 0 Å². The average Bonchev–Trinajstić information content (AvgIpc) is 2.97. The summed E-state index contributed by atoms with van der Waals surface area (Å²) in [5.74, 6) is 0.787. The fourth-order valence-electron chi connectivity index (χ4n) is 4.51. The number of aldehydes is 1. The summed E-state index contributed by atoms with van der Waals surface area (Å²) in [6.07, 6.45) is 11.4. The van der Waals surface area contributed by atoms with Crippen LogP contribution in [-0.4, -0.2) is 12.9 Å². The molecule has 2 aromatic rings. The lowest BCUT2D eigenvalue weighted by Gasteiger charge is -2.22. The molecule has 4 rings (SSSR count). The quantitative estimate of drug-likeness (QED) is 0.614. The molecule has 0 N–H and O–H groups in total. The molecule has 2 aromatic carbocycles. The van der Waals surface area contributed by atoms with Crippen molar-refractivity contribution < 1.29 is 9.53 Å². The van der Waals surface area contributed by atoms with Gasteiger partial charge in [0.05, 0.1) is 0 Å². The smallest absolute Gasteiger partial charge is 0.150 e. The molecule has 0 saturated heterocycles. The van der Waals surface area contributed by atoms with E-state index in [0.29, 0.717) is 6.61 Å². The van der Waals surface area contributed by atoms with Crippen LogP contribution in [0.4, 0.5) is 0 Å². The maximum Gasteiger partial charge on any atom is 0.150 e. The summed E-state index contributed by atoms with van der Waals surface area (Å²) >= 11 is 0. The van der Waals surface area contributed by atoms with Crippen LogP contribution in [0.5, 0.6) is 5.75 Å². The maximum atomic E-state index is 12.1. The number of hydrogen-bond acceptors (Lipinski definition) is 2. The monoisotopic (exact) mass is 359 g/mol. The number of ether oxygens (including phenoxy) is 1. The molecule has 0 bridgehead atoms. The van der Waals surface area contributed by atoms with Crippen molar-refractivity contribution >= 4 is 11.9 Å². The molecule has 2 aliphatic carbocycles. The molecule has 0 unspecified atom stereocenters. The molecule has 0 aliphatic heterocycles. The van der Waals surface area contributed by atoms with Crippen LogP contribution < -0.4 is 4.74 Å². The lowest BCUT2D eigenvalue weighted by molar-refractivity contribution is 0.112. The molecule has 2 heteroatoms. The summed E-state index contributed by atoms with van der Waals surface area (Å²) in [6, 6.07) is 15.4. The van der Waals surface area contributed by atoms with Crippen molar-refractivity contribution in [2.45, 2.75) is 57.8 Å². The van der Waals surface area contributed by atoms with Crippen LogP contribution in [-0.2, 0) is 12.8 Å². The first-order chi connectivity index (χ1) is 13.4. The molecule has 139 valence electrons. The first-order valence-electron chi connectivity index (χ1n) is 10.3. The van der Waals surface area contributed by atoms with E-state index >= 15 is 0 Å². The molecule has 0 spiro atoms. The van der Waals surface area contributed by atoms with E-state index in [9.17, 15) is 4.79 Å². The van der Waals surface area contributed by atoms with Gasteiger partial charge in [-0.25, -0.2) is 0 Å². The van der Waals surface area contributed by atoms with E-state index in [0.717, 1.165) is 48.8 Å². The minimum Gasteiger partial charge on any atom is -0.489 e. The highest BCUT2D eigenvalue weighted by Crippen LogP contribution is 2.36. The van der Waals surface area contributed by atoms with Crippen molar-refractivity contribution in [1.29, 1.82) is 0 Å². The zero-order chi connectivity index (χ0) is 18.5. The van der Waals surface area contributed by atoms with Crippen LogP contribution in [0.15, 0.2) is 42.0 Å². The number of benzene rings is 2. The zero-order valence-corrected chi connectivity index (χ0v) is 15.9. The highest BCUT2D eigenvalue weighted by Gasteiger charge is 2.21. The summed E-state index contributed by atoms with van der Waals surface area (Å²) in [4.78, 5) is 12.1. The second-order valence-electron chi connectivity index (χ2n) is 7.65. The average molecular weight is 359 g/mol. The molecule has 0 amide bonds. The molecule has 0 fully saturated rings. The molecule has 0 saturated carbocycles. The van der Waals surface area contributed by atoms with Crippen molar-refractivity contribution in [3.63, 3.8) is 0 Å². The minimum atomic E-state index is 0.589. The van der Waals surface area contributed by atoms with E-state index in [2.05, 4.69) is 18.2 Å².